The number of fused-ring (bicyclic) bond motifs is 5. The van der Waals surface area contributed by atoms with Crippen LogP contribution in [0.3, 0.4) is 0 Å². The van der Waals surface area contributed by atoms with Crippen molar-refractivity contribution in [3.05, 3.63) is 126 Å². The predicted molar refractivity (Wildman–Crippen MR) is 164 cm³/mol. The molecule has 0 aliphatic carbocycles. The molecule has 0 saturated carbocycles. The van der Waals surface area contributed by atoms with Crippen LogP contribution >= 0.6 is 11.3 Å². The van der Waals surface area contributed by atoms with Gasteiger partial charge in [0.2, 0.25) is 5.95 Å². The van der Waals surface area contributed by atoms with Gasteiger partial charge in [-0.15, -0.1) is 11.3 Å². The SMILES string of the molecule is C=C/C=C\c1c(C)sc2c1ccc1c3ccccc3n(-c3nc(-c4ccccc4)nc(-c4ccccc4)n3)c12. The molecule has 5 heteroatoms. The van der Waals surface area contributed by atoms with E-state index < -0.39 is 0 Å². The molecule has 7 rings (SSSR count). The summed E-state index contributed by atoms with van der Waals surface area (Å²) in [6.45, 7) is 6.04. The van der Waals surface area contributed by atoms with Crippen molar-refractivity contribution < 1.29 is 0 Å². The van der Waals surface area contributed by atoms with Gasteiger partial charge in [0.25, 0.3) is 0 Å². The normalized spacial score (nSPS) is 11.7. The van der Waals surface area contributed by atoms with E-state index in [9.17, 15) is 0 Å². The van der Waals surface area contributed by atoms with Gasteiger partial charge in [0.05, 0.1) is 15.7 Å². The van der Waals surface area contributed by atoms with Crippen LogP contribution in [-0.4, -0.2) is 19.5 Å². The van der Waals surface area contributed by atoms with E-state index in [-0.39, 0.29) is 0 Å². The fourth-order valence-electron chi connectivity index (χ4n) is 5.22. The van der Waals surface area contributed by atoms with E-state index in [0.29, 0.717) is 17.6 Å². The molecule has 0 radical (unpaired) electrons. The van der Waals surface area contributed by atoms with E-state index in [2.05, 4.69) is 60.5 Å². The lowest BCUT2D eigenvalue weighted by Gasteiger charge is -2.11. The molecule has 3 aromatic heterocycles. The topological polar surface area (TPSA) is 43.6 Å². The number of aromatic nitrogens is 4. The number of hydrogen-bond acceptors (Lipinski definition) is 4. The van der Waals surface area contributed by atoms with Gasteiger partial charge in [-0.1, -0.05) is 116 Å². The summed E-state index contributed by atoms with van der Waals surface area (Å²) in [5.74, 6) is 1.90. The van der Waals surface area contributed by atoms with E-state index in [0.717, 1.165) is 22.2 Å². The molecule has 0 N–H and O–H groups in total. The van der Waals surface area contributed by atoms with Crippen molar-refractivity contribution in [3.8, 4) is 28.7 Å². The van der Waals surface area contributed by atoms with E-state index in [4.69, 9.17) is 15.0 Å². The van der Waals surface area contributed by atoms with Crippen molar-refractivity contribution in [2.24, 2.45) is 0 Å². The molecule has 0 amide bonds. The number of aryl methyl sites for hydroxylation is 1. The molecule has 0 fully saturated rings. The zero-order valence-corrected chi connectivity index (χ0v) is 22.2. The van der Waals surface area contributed by atoms with Crippen LogP contribution in [0, 0.1) is 6.92 Å². The molecule has 0 aliphatic rings. The summed E-state index contributed by atoms with van der Waals surface area (Å²) in [7, 11) is 0. The van der Waals surface area contributed by atoms with Gasteiger partial charge in [-0.05, 0) is 18.6 Å². The Bertz CT molecular complexity index is 1980. The van der Waals surface area contributed by atoms with E-state index in [1.54, 1.807) is 11.3 Å². The Morgan fingerprint density at radius 2 is 1.31 bits per heavy atom. The number of benzene rings is 4. The lowest BCUT2D eigenvalue weighted by atomic mass is 10.1. The van der Waals surface area contributed by atoms with E-state index in [1.807, 2.05) is 72.8 Å². The number of allylic oxidation sites excluding steroid dienone is 2. The minimum absolute atomic E-state index is 0.607. The summed E-state index contributed by atoms with van der Waals surface area (Å²) < 4.78 is 3.43. The summed E-state index contributed by atoms with van der Waals surface area (Å²) >= 11 is 1.81. The second-order valence-electron chi connectivity index (χ2n) is 9.37. The Hall–Kier alpha value is -4.87. The van der Waals surface area contributed by atoms with Crippen molar-refractivity contribution in [1.29, 1.82) is 0 Å². The molecule has 0 aliphatic heterocycles. The fraction of sp³-hybridized carbons (Fsp3) is 0.0294. The summed E-state index contributed by atoms with van der Waals surface area (Å²) in [5, 5.41) is 3.57. The van der Waals surface area contributed by atoms with Gasteiger partial charge in [-0.3, -0.25) is 4.57 Å². The minimum atomic E-state index is 0.607. The standard InChI is InChI=1S/C34H24N4S/c1-3-4-17-25-22(2)39-31-28(25)21-20-27-26-18-11-12-19-29(26)38(30(27)31)34-36-32(23-13-7-5-8-14-23)35-33(37-34)24-15-9-6-10-16-24/h3-21H,1H2,2H3/b17-4-. The number of thiophene rings is 1. The van der Waals surface area contributed by atoms with Crippen LogP contribution in [0.2, 0.25) is 0 Å². The van der Waals surface area contributed by atoms with Gasteiger partial charge in [0.15, 0.2) is 11.6 Å². The van der Waals surface area contributed by atoms with Crippen molar-refractivity contribution in [3.63, 3.8) is 0 Å². The van der Waals surface area contributed by atoms with Gasteiger partial charge in [-0.25, -0.2) is 4.98 Å². The van der Waals surface area contributed by atoms with Gasteiger partial charge in [-0.2, -0.15) is 9.97 Å². The van der Waals surface area contributed by atoms with Gasteiger partial charge in [0.1, 0.15) is 0 Å². The smallest absolute Gasteiger partial charge is 0.238 e. The molecule has 186 valence electrons. The zero-order valence-electron chi connectivity index (χ0n) is 21.4. The first-order chi connectivity index (χ1) is 19.2. The molecule has 0 unspecified atom stereocenters. The maximum atomic E-state index is 5.08. The van der Waals surface area contributed by atoms with E-state index in [1.165, 1.54) is 31.3 Å². The van der Waals surface area contributed by atoms with Crippen molar-refractivity contribution in [1.82, 2.24) is 19.5 Å². The van der Waals surface area contributed by atoms with Gasteiger partial charge < -0.3 is 0 Å². The number of hydrogen-bond donors (Lipinski definition) is 0. The van der Waals surface area contributed by atoms with Crippen LogP contribution < -0.4 is 0 Å². The lowest BCUT2D eigenvalue weighted by Crippen LogP contribution is -2.06. The van der Waals surface area contributed by atoms with Crippen LogP contribution in [0.1, 0.15) is 10.4 Å². The van der Waals surface area contributed by atoms with Crippen molar-refractivity contribution in [2.75, 3.05) is 0 Å². The largest absolute Gasteiger partial charge is 0.276 e. The third kappa shape index (κ3) is 3.87. The predicted octanol–water partition coefficient (Wildman–Crippen LogP) is 9.03. The Morgan fingerprint density at radius 3 is 1.97 bits per heavy atom. The molecular weight excluding hydrogens is 496 g/mol. The van der Waals surface area contributed by atoms with Crippen LogP contribution in [0.25, 0.3) is 66.7 Å². The monoisotopic (exact) mass is 520 g/mol. The average molecular weight is 521 g/mol. The highest BCUT2D eigenvalue weighted by Crippen LogP contribution is 2.42. The average Bonchev–Trinajstić information content (AvgIpc) is 3.50. The van der Waals surface area contributed by atoms with Crippen LogP contribution in [0.15, 0.2) is 116 Å². The third-order valence-electron chi connectivity index (χ3n) is 7.00. The molecule has 4 aromatic carbocycles. The number of para-hydroxylation sites is 1. The Kier molecular flexibility index (Phi) is 5.64. The van der Waals surface area contributed by atoms with Gasteiger partial charge >= 0.3 is 0 Å². The first-order valence-corrected chi connectivity index (χ1v) is 13.7. The maximum absolute atomic E-state index is 5.08. The highest BCUT2D eigenvalue weighted by molar-refractivity contribution is 7.20. The Balaban J connectivity index is 1.61. The Labute approximate surface area is 230 Å². The highest BCUT2D eigenvalue weighted by atomic mass is 32.1. The fourth-order valence-corrected chi connectivity index (χ4v) is 6.40. The molecule has 0 atom stereocenters. The highest BCUT2D eigenvalue weighted by Gasteiger charge is 2.21. The minimum Gasteiger partial charge on any atom is -0.276 e. The molecule has 0 bridgehead atoms. The molecule has 3 heterocycles. The third-order valence-corrected chi connectivity index (χ3v) is 8.14. The van der Waals surface area contributed by atoms with Crippen LogP contribution in [0.5, 0.6) is 0 Å². The first kappa shape index (κ1) is 23.3. The van der Waals surface area contributed by atoms with Crippen LogP contribution in [0.4, 0.5) is 0 Å². The van der Waals surface area contributed by atoms with Gasteiger partial charge in [0, 0.05) is 32.2 Å². The summed E-state index contributed by atoms with van der Waals surface area (Å²) in [6.07, 6.45) is 5.96. The first-order valence-electron chi connectivity index (χ1n) is 12.8. The number of nitrogens with zero attached hydrogens (tertiary/aromatic N) is 4. The molecule has 7 aromatic rings. The quantitative estimate of drug-likeness (QED) is 0.213. The molecule has 0 spiro atoms. The molecule has 0 saturated heterocycles. The van der Waals surface area contributed by atoms with Crippen molar-refractivity contribution >= 4 is 49.3 Å². The summed E-state index contributed by atoms with van der Waals surface area (Å²) in [5.41, 5.74) is 5.31. The van der Waals surface area contributed by atoms with Crippen molar-refractivity contribution in [2.45, 2.75) is 6.92 Å². The zero-order chi connectivity index (χ0) is 26.3. The lowest BCUT2D eigenvalue weighted by molar-refractivity contribution is 0.955. The second-order valence-corrected chi connectivity index (χ2v) is 10.6. The summed E-state index contributed by atoms with van der Waals surface area (Å²) in [4.78, 5) is 16.3. The maximum Gasteiger partial charge on any atom is 0.238 e. The summed E-state index contributed by atoms with van der Waals surface area (Å²) in [6, 6.07) is 33.2. The Morgan fingerprint density at radius 1 is 0.692 bits per heavy atom. The molecule has 4 nitrogen and oxygen atoms in total. The number of rotatable bonds is 5. The van der Waals surface area contributed by atoms with E-state index >= 15 is 0 Å². The second kappa shape index (κ2) is 9.46. The van der Waals surface area contributed by atoms with Crippen LogP contribution in [-0.2, 0) is 0 Å². The molecular formula is C34H24N4S. The molecule has 39 heavy (non-hydrogen) atoms.